The van der Waals surface area contributed by atoms with Crippen LogP contribution in [-0.4, -0.2) is 47.8 Å². The summed E-state index contributed by atoms with van der Waals surface area (Å²) in [5.74, 6) is 0. The molecule has 2 fully saturated rings. The molecule has 19 heavy (non-hydrogen) atoms. The summed E-state index contributed by atoms with van der Waals surface area (Å²) in [6.45, 7) is 14.8. The fraction of sp³-hybridized carbons (Fsp3) is 1.00. The van der Waals surface area contributed by atoms with Crippen molar-refractivity contribution in [2.75, 3.05) is 19.6 Å². The van der Waals surface area contributed by atoms with Crippen molar-refractivity contribution in [3.8, 4) is 0 Å². The second-order valence-corrected chi connectivity index (χ2v) is 7.42. The van der Waals surface area contributed by atoms with Gasteiger partial charge in [-0.25, -0.2) is 0 Å². The van der Waals surface area contributed by atoms with E-state index in [9.17, 15) is 0 Å². The molecule has 0 aromatic carbocycles. The number of nitrogens with zero attached hydrogens (tertiary/aromatic N) is 1. The Morgan fingerprint density at radius 2 is 2.00 bits per heavy atom. The maximum absolute atomic E-state index is 6.30. The molecule has 2 aliphatic rings. The highest BCUT2D eigenvalue weighted by atomic mass is 16.5. The summed E-state index contributed by atoms with van der Waals surface area (Å²) in [7, 11) is 0. The van der Waals surface area contributed by atoms with Crippen molar-refractivity contribution >= 4 is 0 Å². The quantitative estimate of drug-likeness (QED) is 0.848. The number of piperidine rings is 1. The Kier molecular flexibility index (Phi) is 4.59. The molecule has 2 rings (SSSR count). The monoisotopic (exact) mass is 268 g/mol. The molecular weight excluding hydrogens is 236 g/mol. The average Bonchev–Trinajstić information content (AvgIpc) is 2.55. The smallest absolute Gasteiger partial charge is 0.0789 e. The first-order valence-corrected chi connectivity index (χ1v) is 8.02. The second kappa shape index (κ2) is 5.71. The first-order chi connectivity index (χ1) is 8.86. The van der Waals surface area contributed by atoms with E-state index in [2.05, 4.69) is 44.8 Å². The summed E-state index contributed by atoms with van der Waals surface area (Å²) in [4.78, 5) is 2.74. The van der Waals surface area contributed by atoms with Gasteiger partial charge < -0.3 is 10.1 Å². The minimum atomic E-state index is -0.0316. The number of nitrogens with one attached hydrogen (secondary N) is 1. The summed E-state index contributed by atoms with van der Waals surface area (Å²) < 4.78 is 6.30. The van der Waals surface area contributed by atoms with Crippen LogP contribution in [0.4, 0.5) is 0 Å². The molecule has 0 saturated carbocycles. The molecule has 0 aliphatic carbocycles. The highest BCUT2D eigenvalue weighted by Crippen LogP contribution is 2.41. The maximum Gasteiger partial charge on any atom is 0.0789 e. The Morgan fingerprint density at radius 1 is 1.26 bits per heavy atom. The van der Waals surface area contributed by atoms with Gasteiger partial charge in [0.25, 0.3) is 0 Å². The number of ether oxygens (including phenoxy) is 1. The summed E-state index contributed by atoms with van der Waals surface area (Å²) in [5, 5.41) is 3.56. The SMILES string of the molecule is CCCN(C1CCCNC1)C1CC(C)(C)OC1(C)C. The fourth-order valence-corrected chi connectivity index (χ4v) is 4.02. The topological polar surface area (TPSA) is 24.5 Å². The molecule has 2 atom stereocenters. The van der Waals surface area contributed by atoms with Gasteiger partial charge in [0.1, 0.15) is 0 Å². The van der Waals surface area contributed by atoms with Crippen LogP contribution >= 0.6 is 0 Å². The van der Waals surface area contributed by atoms with Crippen molar-refractivity contribution in [1.29, 1.82) is 0 Å². The summed E-state index contributed by atoms with van der Waals surface area (Å²) in [6.07, 6.45) is 5.02. The fourth-order valence-electron chi connectivity index (χ4n) is 4.02. The van der Waals surface area contributed by atoms with Crippen molar-refractivity contribution in [2.45, 2.75) is 83.6 Å². The highest BCUT2D eigenvalue weighted by Gasteiger charge is 2.49. The molecule has 0 aromatic rings. The van der Waals surface area contributed by atoms with Crippen molar-refractivity contribution < 1.29 is 4.74 Å². The first-order valence-electron chi connectivity index (χ1n) is 8.02. The third-order valence-corrected chi connectivity index (χ3v) is 4.65. The lowest BCUT2D eigenvalue weighted by Gasteiger charge is -2.42. The zero-order valence-electron chi connectivity index (χ0n) is 13.5. The maximum atomic E-state index is 6.30. The van der Waals surface area contributed by atoms with Crippen LogP contribution < -0.4 is 5.32 Å². The average molecular weight is 268 g/mol. The lowest BCUT2D eigenvalue weighted by molar-refractivity contribution is -0.0850. The van der Waals surface area contributed by atoms with Gasteiger partial charge in [0, 0.05) is 18.6 Å². The largest absolute Gasteiger partial charge is 0.368 e. The molecular formula is C16H32N2O. The molecule has 2 unspecified atom stereocenters. The van der Waals surface area contributed by atoms with Crippen molar-refractivity contribution in [3.05, 3.63) is 0 Å². The van der Waals surface area contributed by atoms with Crippen LogP contribution in [0.15, 0.2) is 0 Å². The van der Waals surface area contributed by atoms with Gasteiger partial charge in [-0.1, -0.05) is 6.92 Å². The van der Waals surface area contributed by atoms with Crippen molar-refractivity contribution in [2.24, 2.45) is 0 Å². The molecule has 0 spiro atoms. The lowest BCUT2D eigenvalue weighted by Crippen LogP contribution is -2.55. The molecule has 0 radical (unpaired) electrons. The summed E-state index contributed by atoms with van der Waals surface area (Å²) in [5.41, 5.74) is -0.0155. The van der Waals surface area contributed by atoms with Crippen LogP contribution in [0.2, 0.25) is 0 Å². The van der Waals surface area contributed by atoms with Gasteiger partial charge in [0.2, 0.25) is 0 Å². The first kappa shape index (κ1) is 15.3. The molecule has 3 heteroatoms. The van der Waals surface area contributed by atoms with E-state index < -0.39 is 0 Å². The van der Waals surface area contributed by atoms with Gasteiger partial charge in [-0.15, -0.1) is 0 Å². The van der Waals surface area contributed by atoms with E-state index in [0.717, 1.165) is 13.0 Å². The Balaban J connectivity index is 2.13. The van der Waals surface area contributed by atoms with Crippen molar-refractivity contribution in [1.82, 2.24) is 10.2 Å². The number of rotatable bonds is 4. The Morgan fingerprint density at radius 3 is 2.47 bits per heavy atom. The van der Waals surface area contributed by atoms with Gasteiger partial charge in [-0.3, -0.25) is 4.90 Å². The van der Waals surface area contributed by atoms with E-state index in [1.54, 1.807) is 0 Å². The highest BCUT2D eigenvalue weighted by molar-refractivity contribution is 5.02. The minimum absolute atomic E-state index is 0.0161. The standard InChI is InChI=1S/C16H32N2O/c1-6-10-18(13-8-7-9-17-12-13)14-11-15(2,3)19-16(14,4)5/h13-14,17H,6-12H2,1-5H3. The van der Waals surface area contributed by atoms with Crippen LogP contribution in [0, 0.1) is 0 Å². The van der Waals surface area contributed by atoms with Gasteiger partial charge in [-0.05, 0) is 66.5 Å². The van der Waals surface area contributed by atoms with Crippen LogP contribution in [0.1, 0.15) is 60.3 Å². The zero-order chi connectivity index (χ0) is 14.1. The predicted molar refractivity (Wildman–Crippen MR) is 80.5 cm³/mol. The van der Waals surface area contributed by atoms with Crippen LogP contribution in [0.25, 0.3) is 0 Å². The van der Waals surface area contributed by atoms with Gasteiger partial charge in [0.15, 0.2) is 0 Å². The molecule has 2 aliphatic heterocycles. The summed E-state index contributed by atoms with van der Waals surface area (Å²) in [6, 6.07) is 1.24. The molecule has 0 amide bonds. The Labute approximate surface area is 119 Å². The van der Waals surface area contributed by atoms with E-state index >= 15 is 0 Å². The molecule has 0 bridgehead atoms. The van der Waals surface area contributed by atoms with E-state index in [1.165, 1.54) is 32.4 Å². The van der Waals surface area contributed by atoms with Gasteiger partial charge in [0.05, 0.1) is 11.2 Å². The van der Waals surface area contributed by atoms with E-state index in [1.807, 2.05) is 0 Å². The van der Waals surface area contributed by atoms with Gasteiger partial charge in [-0.2, -0.15) is 0 Å². The zero-order valence-corrected chi connectivity index (χ0v) is 13.5. The lowest BCUT2D eigenvalue weighted by atomic mass is 9.90. The van der Waals surface area contributed by atoms with Gasteiger partial charge >= 0.3 is 0 Å². The molecule has 0 aromatic heterocycles. The number of hydrogen-bond acceptors (Lipinski definition) is 3. The number of hydrogen-bond donors (Lipinski definition) is 1. The molecule has 112 valence electrons. The third kappa shape index (κ3) is 3.50. The Bertz CT molecular complexity index is 295. The predicted octanol–water partition coefficient (Wildman–Crippen LogP) is 2.80. The molecule has 2 saturated heterocycles. The van der Waals surface area contributed by atoms with Crippen LogP contribution in [0.3, 0.4) is 0 Å². The second-order valence-electron chi connectivity index (χ2n) is 7.42. The summed E-state index contributed by atoms with van der Waals surface area (Å²) >= 11 is 0. The molecule has 1 N–H and O–H groups in total. The Hall–Kier alpha value is -0.120. The van der Waals surface area contributed by atoms with E-state index in [-0.39, 0.29) is 11.2 Å². The van der Waals surface area contributed by atoms with E-state index in [0.29, 0.717) is 12.1 Å². The third-order valence-electron chi connectivity index (χ3n) is 4.65. The van der Waals surface area contributed by atoms with Crippen LogP contribution in [0.5, 0.6) is 0 Å². The van der Waals surface area contributed by atoms with E-state index in [4.69, 9.17) is 4.74 Å². The van der Waals surface area contributed by atoms with Crippen molar-refractivity contribution in [3.63, 3.8) is 0 Å². The molecule has 2 heterocycles. The normalized spacial score (nSPS) is 33.8. The molecule has 3 nitrogen and oxygen atoms in total. The van der Waals surface area contributed by atoms with Crippen LogP contribution in [-0.2, 0) is 4.74 Å². The minimum Gasteiger partial charge on any atom is -0.368 e.